The van der Waals surface area contributed by atoms with Crippen LogP contribution in [0.15, 0.2) is 59.7 Å². The standard InChI is InChI=1S/C36H44BrN5O9S/c1-7-22-18-36(22,33(46)41-52(48,49)25-10-11-25)40-30(44)28-17-24(50-31-26-16-23(37)9-8-21(26)14-15-38-31)19-42(28)32(45)27(12-13-29(43)20(2)3)39-34(47)51-35(4,5)6/h7-9,14-16,22,24-25,27-28H,1-2,10-13,17-19H2,3-6H3,(H,39,47)(H,40,44)(H,41,46)/t22-,24+,27-,28-,36+/m0/s1. The number of halogens is 1. The number of rotatable bonds is 14. The molecule has 52 heavy (non-hydrogen) atoms. The summed E-state index contributed by atoms with van der Waals surface area (Å²) < 4.78 is 40.0. The summed E-state index contributed by atoms with van der Waals surface area (Å²) >= 11 is 3.47. The number of hydrogen-bond donors (Lipinski definition) is 3. The van der Waals surface area contributed by atoms with Crippen molar-refractivity contribution in [2.24, 2.45) is 5.92 Å². The molecule has 2 aliphatic carbocycles. The van der Waals surface area contributed by atoms with E-state index in [0.717, 1.165) is 9.86 Å². The highest BCUT2D eigenvalue weighted by molar-refractivity contribution is 9.10. The van der Waals surface area contributed by atoms with Gasteiger partial charge < -0.3 is 25.0 Å². The molecule has 5 rings (SSSR count). The maximum atomic E-state index is 14.4. The lowest BCUT2D eigenvalue weighted by molar-refractivity contribution is -0.141. The number of aromatic nitrogens is 1. The first-order valence-electron chi connectivity index (χ1n) is 17.0. The zero-order chi connectivity index (χ0) is 38.2. The number of allylic oxidation sites excluding steroid dienone is 1. The van der Waals surface area contributed by atoms with E-state index in [4.69, 9.17) is 9.47 Å². The molecule has 1 aliphatic heterocycles. The molecule has 1 saturated heterocycles. The van der Waals surface area contributed by atoms with Crippen molar-refractivity contribution in [2.45, 2.75) is 101 Å². The van der Waals surface area contributed by atoms with Gasteiger partial charge in [-0.3, -0.25) is 23.9 Å². The van der Waals surface area contributed by atoms with Crippen molar-refractivity contribution in [1.82, 2.24) is 25.2 Å². The molecule has 0 radical (unpaired) electrons. The van der Waals surface area contributed by atoms with E-state index < -0.39 is 74.3 Å². The maximum absolute atomic E-state index is 14.4. The number of amides is 4. The van der Waals surface area contributed by atoms with Crippen molar-refractivity contribution in [2.75, 3.05) is 6.54 Å². The first-order valence-corrected chi connectivity index (χ1v) is 19.4. The third kappa shape index (κ3) is 9.00. The van der Waals surface area contributed by atoms with E-state index >= 15 is 0 Å². The first-order chi connectivity index (χ1) is 24.3. The predicted octanol–water partition coefficient (Wildman–Crippen LogP) is 3.83. The van der Waals surface area contributed by atoms with Crippen LogP contribution in [0.4, 0.5) is 4.79 Å². The zero-order valence-electron chi connectivity index (χ0n) is 29.6. The number of Topliss-reactive ketones (excluding diaryl/α,β-unsaturated/α-hetero) is 1. The van der Waals surface area contributed by atoms with E-state index in [2.05, 4.69) is 49.4 Å². The Morgan fingerprint density at radius 2 is 1.88 bits per heavy atom. The lowest BCUT2D eigenvalue weighted by Gasteiger charge is -2.30. The molecule has 5 atom stereocenters. The van der Waals surface area contributed by atoms with Crippen LogP contribution < -0.4 is 20.1 Å². The molecule has 2 aromatic rings. The number of benzene rings is 1. The topological polar surface area (TPSA) is 190 Å². The van der Waals surface area contributed by atoms with Crippen LogP contribution in [0.25, 0.3) is 10.8 Å². The molecule has 16 heteroatoms. The van der Waals surface area contributed by atoms with Crippen molar-refractivity contribution in [3.05, 3.63) is 59.7 Å². The van der Waals surface area contributed by atoms with Gasteiger partial charge in [0.05, 0.1) is 11.8 Å². The van der Waals surface area contributed by atoms with Crippen LogP contribution in [-0.4, -0.2) is 89.0 Å². The van der Waals surface area contributed by atoms with Crippen LogP contribution in [0.3, 0.4) is 0 Å². The lowest BCUT2D eigenvalue weighted by Crippen LogP contribution is -2.58. The van der Waals surface area contributed by atoms with Gasteiger partial charge in [-0.05, 0) is 82.5 Å². The molecule has 3 aliphatic rings. The van der Waals surface area contributed by atoms with Gasteiger partial charge in [0, 0.05) is 34.8 Å². The Balaban J connectivity index is 1.45. The molecule has 280 valence electrons. The van der Waals surface area contributed by atoms with E-state index in [-0.39, 0.29) is 49.5 Å². The van der Waals surface area contributed by atoms with E-state index in [0.29, 0.717) is 18.2 Å². The van der Waals surface area contributed by atoms with Crippen LogP contribution in [0, 0.1) is 5.92 Å². The molecule has 3 fully saturated rings. The average Bonchev–Trinajstić information content (AvgIpc) is 3.98. The number of carbonyl (C=O) groups is 5. The number of hydrogen-bond acceptors (Lipinski definition) is 10. The fourth-order valence-electron chi connectivity index (χ4n) is 6.16. The normalized spacial score (nSPS) is 23.2. The van der Waals surface area contributed by atoms with Crippen molar-refractivity contribution < 1.29 is 41.9 Å². The Morgan fingerprint density at radius 1 is 1.17 bits per heavy atom. The van der Waals surface area contributed by atoms with Crippen LogP contribution in [0.2, 0.25) is 0 Å². The molecule has 1 aromatic carbocycles. The predicted molar refractivity (Wildman–Crippen MR) is 195 cm³/mol. The molecule has 4 amide bonds. The minimum absolute atomic E-state index is 0.0374. The monoisotopic (exact) mass is 801 g/mol. The summed E-state index contributed by atoms with van der Waals surface area (Å²) in [6, 6.07) is 4.88. The third-order valence-electron chi connectivity index (χ3n) is 9.19. The Morgan fingerprint density at radius 3 is 2.50 bits per heavy atom. The molecule has 0 bridgehead atoms. The molecule has 1 aromatic heterocycles. The second-order valence-corrected chi connectivity index (χ2v) is 17.5. The smallest absolute Gasteiger partial charge is 0.408 e. The largest absolute Gasteiger partial charge is 0.472 e. The fourth-order valence-corrected chi connectivity index (χ4v) is 7.88. The number of sulfonamides is 1. The highest BCUT2D eigenvalue weighted by atomic mass is 79.9. The molecule has 0 unspecified atom stereocenters. The molecular formula is C36H44BrN5O9S. The third-order valence-corrected chi connectivity index (χ3v) is 11.5. The van der Waals surface area contributed by atoms with Crippen LogP contribution in [-0.2, 0) is 33.9 Å². The SMILES string of the molecule is C=C[C@H]1C[C@]1(NC(=O)[C@@H]1C[C@@H](Oc2nccc3ccc(Br)cc23)CN1C(=O)[C@H](CCC(=O)C(=C)C)NC(=O)OC(C)(C)C)C(=O)NS(=O)(=O)C1CC1. The Labute approximate surface area is 311 Å². The number of pyridine rings is 1. The number of ketones is 1. The van der Waals surface area contributed by atoms with Gasteiger partial charge >= 0.3 is 6.09 Å². The molecule has 3 N–H and O–H groups in total. The van der Waals surface area contributed by atoms with E-state index in [9.17, 15) is 32.4 Å². The van der Waals surface area contributed by atoms with Gasteiger partial charge in [0.1, 0.15) is 29.3 Å². The molecule has 2 saturated carbocycles. The number of likely N-dealkylation sites (tertiary alicyclic amines) is 1. The van der Waals surface area contributed by atoms with Crippen LogP contribution in [0.5, 0.6) is 5.88 Å². The fraction of sp³-hybridized carbons (Fsp3) is 0.500. The number of carbonyl (C=O) groups excluding carboxylic acids is 5. The molecule has 0 spiro atoms. The molecule has 2 heterocycles. The summed E-state index contributed by atoms with van der Waals surface area (Å²) in [4.78, 5) is 73.2. The van der Waals surface area contributed by atoms with Gasteiger partial charge in [-0.25, -0.2) is 18.2 Å². The van der Waals surface area contributed by atoms with Gasteiger partial charge in [0.15, 0.2) is 5.78 Å². The summed E-state index contributed by atoms with van der Waals surface area (Å²) in [5.74, 6) is -2.90. The highest BCUT2D eigenvalue weighted by Crippen LogP contribution is 2.45. The van der Waals surface area contributed by atoms with Crippen molar-refractivity contribution in [3.63, 3.8) is 0 Å². The van der Waals surface area contributed by atoms with E-state index in [1.54, 1.807) is 33.9 Å². The second-order valence-electron chi connectivity index (χ2n) is 14.6. The summed E-state index contributed by atoms with van der Waals surface area (Å²) in [6.07, 6.45) is 2.07. The minimum Gasteiger partial charge on any atom is -0.472 e. The minimum atomic E-state index is -3.93. The number of nitrogens with zero attached hydrogens (tertiary/aromatic N) is 2. The summed E-state index contributed by atoms with van der Waals surface area (Å²) in [6.45, 7) is 13.8. The number of alkyl carbamates (subject to hydrolysis) is 1. The van der Waals surface area contributed by atoms with Gasteiger partial charge in [-0.15, -0.1) is 6.58 Å². The second kappa shape index (κ2) is 15.0. The average molecular weight is 803 g/mol. The van der Waals surface area contributed by atoms with Crippen LogP contribution >= 0.6 is 15.9 Å². The zero-order valence-corrected chi connectivity index (χ0v) is 32.0. The van der Waals surface area contributed by atoms with E-state index in [1.165, 1.54) is 11.0 Å². The number of nitrogens with one attached hydrogen (secondary N) is 3. The summed E-state index contributed by atoms with van der Waals surface area (Å²) in [7, 11) is -3.93. The number of ether oxygens (including phenoxy) is 2. The molecule has 14 nitrogen and oxygen atoms in total. The quantitative estimate of drug-likeness (QED) is 0.187. The lowest BCUT2D eigenvalue weighted by atomic mass is 10.0. The van der Waals surface area contributed by atoms with Gasteiger partial charge in [0.2, 0.25) is 27.7 Å². The Hall–Kier alpha value is -4.31. The van der Waals surface area contributed by atoms with Crippen molar-refractivity contribution in [3.8, 4) is 5.88 Å². The highest BCUT2D eigenvalue weighted by Gasteiger charge is 2.62. The summed E-state index contributed by atoms with van der Waals surface area (Å²) in [5.41, 5.74) is -2.22. The summed E-state index contributed by atoms with van der Waals surface area (Å²) in [5, 5.41) is 6.17. The van der Waals surface area contributed by atoms with Crippen molar-refractivity contribution in [1.29, 1.82) is 0 Å². The van der Waals surface area contributed by atoms with Gasteiger partial charge in [0.25, 0.3) is 5.91 Å². The number of fused-ring (bicyclic) bond motifs is 1. The Kier molecular flexibility index (Phi) is 11.2. The van der Waals surface area contributed by atoms with Crippen molar-refractivity contribution >= 4 is 66.3 Å². The van der Waals surface area contributed by atoms with Crippen LogP contribution in [0.1, 0.15) is 66.2 Å². The van der Waals surface area contributed by atoms with E-state index in [1.807, 2.05) is 24.3 Å². The van der Waals surface area contributed by atoms with Gasteiger partial charge in [-0.2, -0.15) is 0 Å². The Bertz CT molecular complexity index is 1930. The van der Waals surface area contributed by atoms with Gasteiger partial charge in [-0.1, -0.05) is 34.7 Å². The first kappa shape index (κ1) is 38.9. The maximum Gasteiger partial charge on any atom is 0.408 e. The molecular weight excluding hydrogens is 758 g/mol.